The van der Waals surface area contributed by atoms with Gasteiger partial charge in [-0.05, 0) is 42.1 Å². The maximum absolute atomic E-state index is 13.1. The van der Waals surface area contributed by atoms with E-state index in [1.807, 2.05) is 13.8 Å². The number of fused-ring (bicyclic) bond motifs is 3. The minimum Gasteiger partial charge on any atom is -0.385 e. The maximum atomic E-state index is 13.1. The molecule has 0 radical (unpaired) electrons. The number of Topliss-reactive ketones (excluding diaryl/α,β-unsaturated/α-hetero) is 2. The Morgan fingerprint density at radius 1 is 1.32 bits per heavy atom. The third-order valence-electron chi connectivity index (χ3n) is 7.76. The molecular weight excluding hydrogens is 320 g/mol. The standard InChI is InChI=1S/C20H26O5/c1-10(8-21)11-4-5-13-12(6-11)16(23)17(24)18-19(2,3)15-7-14(22)20(13,18)9-25-15/h8,11-13,15,17-18,24H,1,4-7,9H2,2-3H3. The minimum atomic E-state index is -1.13. The van der Waals surface area contributed by atoms with Crippen molar-refractivity contribution in [2.45, 2.75) is 51.7 Å². The van der Waals surface area contributed by atoms with Gasteiger partial charge in [0.05, 0.1) is 18.1 Å². The van der Waals surface area contributed by atoms with E-state index in [0.717, 1.165) is 12.7 Å². The van der Waals surface area contributed by atoms with Gasteiger partial charge >= 0.3 is 0 Å². The van der Waals surface area contributed by atoms with Crippen LogP contribution in [0.5, 0.6) is 0 Å². The normalized spacial score (nSPS) is 47.8. The predicted molar refractivity (Wildman–Crippen MR) is 89.6 cm³/mol. The lowest BCUT2D eigenvalue weighted by Gasteiger charge is -2.66. The lowest BCUT2D eigenvalue weighted by atomic mass is 9.40. The van der Waals surface area contributed by atoms with Crippen LogP contribution in [0.25, 0.3) is 0 Å². The average molecular weight is 346 g/mol. The van der Waals surface area contributed by atoms with Crippen LogP contribution >= 0.6 is 0 Å². The minimum absolute atomic E-state index is 0.0354. The molecule has 5 heteroatoms. The van der Waals surface area contributed by atoms with Crippen molar-refractivity contribution in [1.29, 1.82) is 0 Å². The number of rotatable bonds is 2. The van der Waals surface area contributed by atoms with E-state index in [0.29, 0.717) is 31.4 Å². The highest BCUT2D eigenvalue weighted by Gasteiger charge is 2.72. The molecule has 0 aromatic rings. The van der Waals surface area contributed by atoms with Gasteiger partial charge in [0.15, 0.2) is 5.78 Å². The Morgan fingerprint density at radius 2 is 2.04 bits per heavy atom. The van der Waals surface area contributed by atoms with Gasteiger partial charge in [0, 0.05) is 18.3 Å². The van der Waals surface area contributed by atoms with E-state index in [-0.39, 0.29) is 41.3 Å². The van der Waals surface area contributed by atoms with Gasteiger partial charge in [0.2, 0.25) is 0 Å². The van der Waals surface area contributed by atoms with Gasteiger partial charge in [-0.1, -0.05) is 20.4 Å². The Morgan fingerprint density at radius 3 is 2.68 bits per heavy atom. The first kappa shape index (κ1) is 17.1. The SMILES string of the molecule is C=C(C=O)C1CCC2C(C1)C(=O)C(O)C1C(C)(C)C3CC(=O)C21CO3. The van der Waals surface area contributed by atoms with Crippen molar-refractivity contribution in [1.82, 2.24) is 0 Å². The molecule has 5 nitrogen and oxygen atoms in total. The average Bonchev–Trinajstić information content (AvgIpc) is 2.59. The van der Waals surface area contributed by atoms with Crippen molar-refractivity contribution < 1.29 is 24.2 Å². The molecule has 3 saturated carbocycles. The van der Waals surface area contributed by atoms with E-state index in [1.54, 1.807) is 0 Å². The third-order valence-corrected chi connectivity index (χ3v) is 7.76. The van der Waals surface area contributed by atoms with E-state index in [9.17, 15) is 19.5 Å². The first-order valence-corrected chi connectivity index (χ1v) is 9.25. The van der Waals surface area contributed by atoms with E-state index in [4.69, 9.17) is 4.74 Å². The summed E-state index contributed by atoms with van der Waals surface area (Å²) in [4.78, 5) is 37.2. The molecule has 7 unspecified atom stereocenters. The van der Waals surface area contributed by atoms with Crippen LogP contribution in [0, 0.1) is 34.5 Å². The van der Waals surface area contributed by atoms with Crippen LogP contribution in [0.3, 0.4) is 0 Å². The Labute approximate surface area is 147 Å². The molecule has 3 aliphatic carbocycles. The van der Waals surface area contributed by atoms with Gasteiger partial charge in [-0.25, -0.2) is 0 Å². The quantitative estimate of drug-likeness (QED) is 0.608. The molecule has 1 spiro atoms. The number of aliphatic hydroxyl groups is 1. The Bertz CT molecular complexity index is 665. The summed E-state index contributed by atoms with van der Waals surface area (Å²) in [6.07, 6.45) is 1.74. The topological polar surface area (TPSA) is 80.7 Å². The van der Waals surface area contributed by atoms with Crippen molar-refractivity contribution in [2.75, 3.05) is 6.61 Å². The Hall–Kier alpha value is -1.33. The van der Waals surface area contributed by atoms with E-state index < -0.39 is 16.9 Å². The van der Waals surface area contributed by atoms with Gasteiger partial charge < -0.3 is 9.84 Å². The zero-order valence-electron chi connectivity index (χ0n) is 14.9. The molecule has 2 bridgehead atoms. The highest BCUT2D eigenvalue weighted by molar-refractivity contribution is 5.95. The molecule has 25 heavy (non-hydrogen) atoms. The van der Waals surface area contributed by atoms with Gasteiger partial charge in [-0.3, -0.25) is 14.4 Å². The molecule has 0 amide bonds. The number of hydrogen-bond acceptors (Lipinski definition) is 5. The molecule has 136 valence electrons. The number of aldehydes is 1. The smallest absolute Gasteiger partial charge is 0.165 e. The van der Waals surface area contributed by atoms with Crippen LogP contribution < -0.4 is 0 Å². The first-order chi connectivity index (χ1) is 11.7. The molecule has 7 atom stereocenters. The molecule has 1 N–H and O–H groups in total. The second-order valence-corrected chi connectivity index (χ2v) is 9.03. The summed E-state index contributed by atoms with van der Waals surface area (Å²) in [6.45, 7) is 8.15. The van der Waals surface area contributed by atoms with Crippen molar-refractivity contribution in [3.05, 3.63) is 12.2 Å². The van der Waals surface area contributed by atoms with Crippen molar-refractivity contribution in [3.63, 3.8) is 0 Å². The summed E-state index contributed by atoms with van der Waals surface area (Å²) in [7, 11) is 0. The molecule has 5 aliphatic rings. The van der Waals surface area contributed by atoms with Crippen molar-refractivity contribution >= 4 is 17.9 Å². The second kappa shape index (κ2) is 5.34. The van der Waals surface area contributed by atoms with Crippen LogP contribution in [0.1, 0.15) is 39.5 Å². The van der Waals surface area contributed by atoms with Crippen molar-refractivity contribution in [3.8, 4) is 0 Å². The molecule has 5 rings (SSSR count). The largest absolute Gasteiger partial charge is 0.385 e. The van der Waals surface area contributed by atoms with Crippen molar-refractivity contribution in [2.24, 2.45) is 34.5 Å². The monoisotopic (exact) mass is 346 g/mol. The molecule has 2 saturated heterocycles. The zero-order valence-corrected chi connectivity index (χ0v) is 14.9. The fourth-order valence-corrected chi connectivity index (χ4v) is 6.49. The summed E-state index contributed by atoms with van der Waals surface area (Å²) >= 11 is 0. The molecular formula is C20H26O5. The Kier molecular flexibility index (Phi) is 3.65. The summed E-state index contributed by atoms with van der Waals surface area (Å²) in [5.74, 6) is -0.900. The van der Waals surface area contributed by atoms with E-state index >= 15 is 0 Å². The van der Waals surface area contributed by atoms with Gasteiger partial charge in [0.25, 0.3) is 0 Å². The number of allylic oxidation sites excluding steroid dienone is 1. The fourth-order valence-electron chi connectivity index (χ4n) is 6.49. The summed E-state index contributed by atoms with van der Waals surface area (Å²) in [5, 5.41) is 10.9. The highest BCUT2D eigenvalue weighted by atomic mass is 16.5. The highest BCUT2D eigenvalue weighted by Crippen LogP contribution is 2.65. The first-order valence-electron chi connectivity index (χ1n) is 9.25. The van der Waals surface area contributed by atoms with Crippen LogP contribution in [-0.2, 0) is 19.1 Å². The lowest BCUT2D eigenvalue weighted by Crippen LogP contribution is -2.74. The number of carbonyl (C=O) groups excluding carboxylic acids is 3. The zero-order chi connectivity index (χ0) is 18.1. The maximum Gasteiger partial charge on any atom is 0.165 e. The van der Waals surface area contributed by atoms with Crippen LogP contribution in [0.2, 0.25) is 0 Å². The number of hydrogen-bond donors (Lipinski definition) is 1. The fraction of sp³-hybridized carbons (Fsp3) is 0.750. The number of carbonyl (C=O) groups is 3. The Balaban J connectivity index is 1.78. The molecule has 5 fully saturated rings. The molecule has 0 aromatic heterocycles. The summed E-state index contributed by atoms with van der Waals surface area (Å²) < 4.78 is 6.03. The number of ether oxygens (including phenoxy) is 1. The second-order valence-electron chi connectivity index (χ2n) is 9.03. The summed E-state index contributed by atoms with van der Waals surface area (Å²) in [5.41, 5.74) is -0.658. The van der Waals surface area contributed by atoms with E-state index in [1.165, 1.54) is 0 Å². The lowest BCUT2D eigenvalue weighted by molar-refractivity contribution is -0.261. The van der Waals surface area contributed by atoms with Gasteiger partial charge in [-0.15, -0.1) is 0 Å². The van der Waals surface area contributed by atoms with Gasteiger partial charge in [0.1, 0.15) is 18.2 Å². The predicted octanol–water partition coefficient (Wildman–Crippen LogP) is 1.72. The number of ketones is 2. The van der Waals surface area contributed by atoms with Crippen LogP contribution in [0.4, 0.5) is 0 Å². The summed E-state index contributed by atoms with van der Waals surface area (Å²) in [6, 6.07) is 0. The van der Waals surface area contributed by atoms with E-state index in [2.05, 4.69) is 6.58 Å². The molecule has 2 aliphatic heterocycles. The molecule has 2 heterocycles. The third kappa shape index (κ3) is 2.00. The molecule has 0 aromatic carbocycles. The number of aliphatic hydroxyl groups excluding tert-OH is 1. The van der Waals surface area contributed by atoms with Crippen LogP contribution in [0.15, 0.2) is 12.2 Å². The van der Waals surface area contributed by atoms with Gasteiger partial charge in [-0.2, -0.15) is 0 Å². The van der Waals surface area contributed by atoms with Crippen LogP contribution in [-0.4, -0.2) is 41.8 Å².